The molecular weight excluding hydrogens is 298 g/mol. The number of hydrogen-bond acceptors (Lipinski definition) is 2. The van der Waals surface area contributed by atoms with Gasteiger partial charge in [-0.15, -0.1) is 0 Å². The lowest BCUT2D eigenvalue weighted by molar-refractivity contribution is -0.121. The Bertz CT molecular complexity index is 604. The van der Waals surface area contributed by atoms with Crippen molar-refractivity contribution in [1.82, 2.24) is 15.1 Å². The topological polar surface area (TPSA) is 46.9 Å². The van der Waals surface area contributed by atoms with Crippen molar-refractivity contribution in [3.8, 4) is 0 Å². The lowest BCUT2D eigenvalue weighted by Gasteiger charge is -2.28. The van der Waals surface area contributed by atoms with E-state index in [1.807, 2.05) is 6.92 Å². The molecule has 2 bridgehead atoms. The van der Waals surface area contributed by atoms with E-state index in [0.29, 0.717) is 24.3 Å². The third kappa shape index (κ3) is 3.52. The highest BCUT2D eigenvalue weighted by Crippen LogP contribution is 2.49. The molecule has 2 aliphatic carbocycles. The average molecular weight is 332 g/mol. The van der Waals surface area contributed by atoms with Gasteiger partial charge in [0.1, 0.15) is 0 Å². The van der Waals surface area contributed by atoms with Gasteiger partial charge in [0, 0.05) is 23.8 Å². The highest BCUT2D eigenvalue weighted by molar-refractivity contribution is 5.79. The monoisotopic (exact) mass is 331 g/mol. The molecule has 1 aromatic rings. The summed E-state index contributed by atoms with van der Waals surface area (Å²) in [5, 5.41) is 7.91. The quantitative estimate of drug-likeness (QED) is 0.865. The highest BCUT2D eigenvalue weighted by atomic mass is 16.1. The molecule has 1 N–H and O–H groups in total. The van der Waals surface area contributed by atoms with Crippen molar-refractivity contribution in [1.29, 1.82) is 0 Å². The lowest BCUT2D eigenvalue weighted by Crippen LogP contribution is -2.40. The van der Waals surface area contributed by atoms with Crippen molar-refractivity contribution < 1.29 is 4.79 Å². The van der Waals surface area contributed by atoms with Gasteiger partial charge in [0.15, 0.2) is 0 Å². The molecule has 1 amide bonds. The van der Waals surface area contributed by atoms with Crippen molar-refractivity contribution in [3.05, 3.63) is 17.0 Å². The van der Waals surface area contributed by atoms with Gasteiger partial charge >= 0.3 is 0 Å². The molecule has 2 aliphatic rings. The zero-order chi connectivity index (χ0) is 17.4. The Kier molecular flexibility index (Phi) is 5.03. The van der Waals surface area contributed by atoms with Gasteiger partial charge in [-0.05, 0) is 63.7 Å². The van der Waals surface area contributed by atoms with Crippen LogP contribution < -0.4 is 5.32 Å². The minimum absolute atomic E-state index is 0.153. The second-order valence-corrected chi connectivity index (χ2v) is 8.60. The maximum atomic E-state index is 12.6. The number of rotatable bonds is 6. The van der Waals surface area contributed by atoms with Crippen LogP contribution in [0.15, 0.2) is 0 Å². The minimum Gasteiger partial charge on any atom is -0.353 e. The van der Waals surface area contributed by atoms with Crippen molar-refractivity contribution in [2.45, 2.75) is 79.3 Å². The van der Waals surface area contributed by atoms with E-state index in [1.54, 1.807) is 0 Å². The van der Waals surface area contributed by atoms with Gasteiger partial charge < -0.3 is 5.32 Å². The molecule has 0 unspecified atom stereocenters. The number of fused-ring (bicyclic) bond motifs is 2. The van der Waals surface area contributed by atoms with Gasteiger partial charge in [0.25, 0.3) is 0 Å². The van der Waals surface area contributed by atoms with Crippen LogP contribution in [0.3, 0.4) is 0 Å². The second kappa shape index (κ2) is 6.89. The first-order valence-corrected chi connectivity index (χ1v) is 9.67. The number of amides is 1. The van der Waals surface area contributed by atoms with E-state index in [0.717, 1.165) is 35.3 Å². The number of carbonyl (C=O) groups excluding carboxylic acids is 1. The zero-order valence-electron chi connectivity index (χ0n) is 15.9. The SMILES string of the molecule is Cc1nn(CC(C)C)c(C)c1CC(=O)N[C@@H](C)[C@@H]1C[C@H]2CC[C@H]1C2. The van der Waals surface area contributed by atoms with Crippen LogP contribution in [0.5, 0.6) is 0 Å². The van der Waals surface area contributed by atoms with Crippen molar-refractivity contribution in [2.75, 3.05) is 0 Å². The molecule has 134 valence electrons. The van der Waals surface area contributed by atoms with Crippen LogP contribution >= 0.6 is 0 Å². The molecule has 24 heavy (non-hydrogen) atoms. The Hall–Kier alpha value is -1.32. The number of nitrogens with zero attached hydrogens (tertiary/aromatic N) is 2. The van der Waals surface area contributed by atoms with E-state index in [2.05, 4.69) is 42.8 Å². The van der Waals surface area contributed by atoms with Crippen LogP contribution in [-0.4, -0.2) is 21.7 Å². The molecular formula is C20H33N3O. The fourth-order valence-corrected chi connectivity index (χ4v) is 4.99. The fourth-order valence-electron chi connectivity index (χ4n) is 4.99. The maximum Gasteiger partial charge on any atom is 0.224 e. The predicted molar refractivity (Wildman–Crippen MR) is 96.8 cm³/mol. The second-order valence-electron chi connectivity index (χ2n) is 8.60. The molecule has 0 radical (unpaired) electrons. The molecule has 2 fully saturated rings. The maximum absolute atomic E-state index is 12.6. The summed E-state index contributed by atoms with van der Waals surface area (Å²) in [5.41, 5.74) is 3.24. The van der Waals surface area contributed by atoms with Gasteiger partial charge in [-0.2, -0.15) is 5.10 Å². The van der Waals surface area contributed by atoms with Crippen molar-refractivity contribution >= 4 is 5.91 Å². The average Bonchev–Trinajstić information content (AvgIpc) is 3.18. The molecule has 1 heterocycles. The van der Waals surface area contributed by atoms with Gasteiger partial charge in [-0.25, -0.2) is 0 Å². The van der Waals surface area contributed by atoms with E-state index in [9.17, 15) is 4.79 Å². The summed E-state index contributed by atoms with van der Waals surface area (Å²) in [6.45, 7) is 11.6. The molecule has 2 saturated carbocycles. The van der Waals surface area contributed by atoms with Gasteiger partial charge in [0.05, 0.1) is 12.1 Å². The van der Waals surface area contributed by atoms with Gasteiger partial charge in [-0.1, -0.05) is 20.3 Å². The van der Waals surface area contributed by atoms with Crippen LogP contribution in [0.2, 0.25) is 0 Å². The molecule has 0 spiro atoms. The van der Waals surface area contributed by atoms with E-state index >= 15 is 0 Å². The van der Waals surface area contributed by atoms with Gasteiger partial charge in [0.2, 0.25) is 5.91 Å². The summed E-state index contributed by atoms with van der Waals surface area (Å²) in [7, 11) is 0. The summed E-state index contributed by atoms with van der Waals surface area (Å²) >= 11 is 0. The zero-order valence-corrected chi connectivity index (χ0v) is 15.9. The predicted octanol–water partition coefficient (Wildman–Crippen LogP) is 3.64. The number of carbonyl (C=O) groups is 1. The summed E-state index contributed by atoms with van der Waals surface area (Å²) in [6.07, 6.45) is 5.95. The molecule has 0 aromatic carbocycles. The van der Waals surface area contributed by atoms with Crippen molar-refractivity contribution in [3.63, 3.8) is 0 Å². The Labute approximate surface area is 146 Å². The molecule has 4 atom stereocenters. The van der Waals surface area contributed by atoms with Crippen LogP contribution in [0.1, 0.15) is 63.4 Å². The summed E-state index contributed by atoms with van der Waals surface area (Å²) in [6, 6.07) is 0.305. The first-order valence-electron chi connectivity index (χ1n) is 9.67. The Morgan fingerprint density at radius 3 is 2.58 bits per heavy atom. The Balaban J connectivity index is 1.59. The molecule has 4 heteroatoms. The minimum atomic E-state index is 0.153. The first-order chi connectivity index (χ1) is 11.3. The molecule has 0 aliphatic heterocycles. The van der Waals surface area contributed by atoms with Crippen LogP contribution in [0.25, 0.3) is 0 Å². The number of nitrogens with one attached hydrogen (secondary N) is 1. The third-order valence-electron chi connectivity index (χ3n) is 6.23. The first kappa shape index (κ1) is 17.5. The fraction of sp³-hybridized carbons (Fsp3) is 0.800. The smallest absolute Gasteiger partial charge is 0.224 e. The van der Waals surface area contributed by atoms with Crippen molar-refractivity contribution in [2.24, 2.45) is 23.7 Å². The van der Waals surface area contributed by atoms with E-state index < -0.39 is 0 Å². The number of hydrogen-bond donors (Lipinski definition) is 1. The largest absolute Gasteiger partial charge is 0.353 e. The Morgan fingerprint density at radius 1 is 1.25 bits per heavy atom. The lowest BCUT2D eigenvalue weighted by atomic mass is 9.84. The third-order valence-corrected chi connectivity index (χ3v) is 6.23. The van der Waals surface area contributed by atoms with E-state index in [-0.39, 0.29) is 5.91 Å². The number of aryl methyl sites for hydroxylation is 1. The molecule has 0 saturated heterocycles. The van der Waals surface area contributed by atoms with Crippen LogP contribution in [-0.2, 0) is 17.8 Å². The number of aromatic nitrogens is 2. The van der Waals surface area contributed by atoms with E-state index in [4.69, 9.17) is 0 Å². The van der Waals surface area contributed by atoms with Gasteiger partial charge in [-0.3, -0.25) is 9.48 Å². The normalized spacial score (nSPS) is 27.0. The summed E-state index contributed by atoms with van der Waals surface area (Å²) in [4.78, 5) is 12.6. The highest BCUT2D eigenvalue weighted by Gasteiger charge is 2.42. The van der Waals surface area contributed by atoms with E-state index in [1.165, 1.54) is 25.7 Å². The molecule has 4 nitrogen and oxygen atoms in total. The van der Waals surface area contributed by atoms with Crippen LogP contribution in [0, 0.1) is 37.5 Å². The summed E-state index contributed by atoms with van der Waals surface area (Å²) < 4.78 is 2.06. The molecule has 3 rings (SSSR count). The summed E-state index contributed by atoms with van der Waals surface area (Å²) in [5.74, 6) is 3.18. The van der Waals surface area contributed by atoms with Crippen LogP contribution in [0.4, 0.5) is 0 Å². The molecule has 1 aromatic heterocycles. The standard InChI is InChI=1S/C20H33N3O/c1-12(2)11-23-15(5)18(14(4)22-23)10-20(24)21-13(3)19-9-16-6-7-17(19)8-16/h12-13,16-17,19H,6-11H2,1-5H3,(H,21,24)/t13-,16-,17-,19-/m0/s1. The Morgan fingerprint density at radius 2 is 2.00 bits per heavy atom.